The van der Waals surface area contributed by atoms with Gasteiger partial charge in [-0.05, 0) is 25.7 Å². The van der Waals surface area contributed by atoms with Crippen molar-refractivity contribution in [3.8, 4) is 0 Å². The SMILES string of the molecule is O=C1CN(C2CCN(c3cc(C4CC4)ncn3)CC2)C(=O)N1CC(F)(F)F. The van der Waals surface area contributed by atoms with Crippen LogP contribution in [0.15, 0.2) is 12.4 Å². The molecule has 0 atom stereocenters. The maximum atomic E-state index is 12.6. The molecule has 27 heavy (non-hydrogen) atoms. The van der Waals surface area contributed by atoms with Crippen molar-refractivity contribution >= 4 is 17.8 Å². The van der Waals surface area contributed by atoms with Gasteiger partial charge in [0, 0.05) is 36.8 Å². The summed E-state index contributed by atoms with van der Waals surface area (Å²) in [6, 6.07) is 0.919. The van der Waals surface area contributed by atoms with E-state index in [1.165, 1.54) is 4.90 Å². The first kappa shape index (κ1) is 18.0. The number of piperidine rings is 1. The summed E-state index contributed by atoms with van der Waals surface area (Å²) in [7, 11) is 0. The highest BCUT2D eigenvalue weighted by atomic mass is 19.4. The van der Waals surface area contributed by atoms with Crippen LogP contribution >= 0.6 is 0 Å². The average molecular weight is 383 g/mol. The van der Waals surface area contributed by atoms with Gasteiger partial charge in [-0.2, -0.15) is 13.2 Å². The van der Waals surface area contributed by atoms with Crippen LogP contribution in [-0.2, 0) is 4.79 Å². The van der Waals surface area contributed by atoms with Gasteiger partial charge in [-0.1, -0.05) is 0 Å². The maximum Gasteiger partial charge on any atom is 0.406 e. The molecule has 1 aromatic rings. The minimum absolute atomic E-state index is 0.235. The molecule has 3 fully saturated rings. The van der Waals surface area contributed by atoms with Crippen LogP contribution in [0.3, 0.4) is 0 Å². The molecule has 0 spiro atoms. The number of carbonyl (C=O) groups is 2. The number of rotatable bonds is 4. The zero-order valence-electron chi connectivity index (χ0n) is 14.7. The number of imide groups is 1. The van der Waals surface area contributed by atoms with Crippen LogP contribution in [0.25, 0.3) is 0 Å². The number of nitrogens with zero attached hydrogens (tertiary/aromatic N) is 5. The predicted molar refractivity (Wildman–Crippen MR) is 89.1 cm³/mol. The first-order valence-electron chi connectivity index (χ1n) is 9.06. The van der Waals surface area contributed by atoms with Crippen LogP contribution < -0.4 is 4.90 Å². The van der Waals surface area contributed by atoms with Gasteiger partial charge < -0.3 is 9.80 Å². The van der Waals surface area contributed by atoms with Gasteiger partial charge in [0.15, 0.2) is 0 Å². The van der Waals surface area contributed by atoms with E-state index >= 15 is 0 Å². The Labute approximate surface area is 154 Å². The monoisotopic (exact) mass is 383 g/mol. The first-order chi connectivity index (χ1) is 12.8. The molecule has 0 bridgehead atoms. The molecular weight excluding hydrogens is 363 g/mol. The molecule has 1 aromatic heterocycles. The molecule has 1 aliphatic carbocycles. The molecule has 7 nitrogen and oxygen atoms in total. The van der Waals surface area contributed by atoms with Crippen molar-refractivity contribution in [2.45, 2.75) is 43.8 Å². The van der Waals surface area contributed by atoms with Crippen molar-refractivity contribution in [1.82, 2.24) is 19.8 Å². The van der Waals surface area contributed by atoms with Crippen LogP contribution in [0.1, 0.15) is 37.3 Å². The molecule has 0 N–H and O–H groups in total. The summed E-state index contributed by atoms with van der Waals surface area (Å²) in [4.78, 5) is 36.4. The first-order valence-corrected chi connectivity index (χ1v) is 9.06. The minimum Gasteiger partial charge on any atom is -0.356 e. The zero-order chi connectivity index (χ0) is 19.2. The Morgan fingerprint density at radius 2 is 1.78 bits per heavy atom. The third-order valence-corrected chi connectivity index (χ3v) is 5.32. The van der Waals surface area contributed by atoms with Crippen LogP contribution in [-0.4, -0.2) is 70.1 Å². The van der Waals surface area contributed by atoms with E-state index in [2.05, 4.69) is 14.9 Å². The average Bonchev–Trinajstić information content (AvgIpc) is 3.44. The quantitative estimate of drug-likeness (QED) is 0.746. The van der Waals surface area contributed by atoms with E-state index < -0.39 is 24.7 Å². The van der Waals surface area contributed by atoms with E-state index in [0.717, 1.165) is 24.4 Å². The molecule has 0 unspecified atom stereocenters. The van der Waals surface area contributed by atoms with Gasteiger partial charge in [-0.15, -0.1) is 0 Å². The number of carbonyl (C=O) groups excluding carboxylic acids is 2. The highest BCUT2D eigenvalue weighted by Crippen LogP contribution is 2.39. The van der Waals surface area contributed by atoms with Crippen molar-refractivity contribution in [1.29, 1.82) is 0 Å². The Balaban J connectivity index is 1.37. The topological polar surface area (TPSA) is 69.6 Å². The molecule has 10 heteroatoms. The van der Waals surface area contributed by atoms with Crippen molar-refractivity contribution in [2.24, 2.45) is 0 Å². The van der Waals surface area contributed by atoms with E-state index in [1.54, 1.807) is 6.33 Å². The molecule has 0 radical (unpaired) electrons. The largest absolute Gasteiger partial charge is 0.406 e. The standard InChI is InChI=1S/C17H20F3N5O2/c18-17(19,20)9-25-15(26)8-24(16(25)27)12-3-5-23(6-4-12)14-7-13(11-1-2-11)21-10-22-14/h7,10-12H,1-6,8-9H2. The molecule has 3 aliphatic rings. The lowest BCUT2D eigenvalue weighted by molar-refractivity contribution is -0.151. The Morgan fingerprint density at radius 1 is 1.07 bits per heavy atom. The second kappa shape index (κ2) is 6.65. The molecule has 3 heterocycles. The second-order valence-electron chi connectivity index (χ2n) is 7.30. The molecule has 2 aliphatic heterocycles. The zero-order valence-corrected chi connectivity index (χ0v) is 14.7. The third-order valence-electron chi connectivity index (χ3n) is 5.32. The van der Waals surface area contributed by atoms with E-state index in [-0.39, 0.29) is 12.6 Å². The van der Waals surface area contributed by atoms with Gasteiger partial charge in [0.05, 0.1) is 0 Å². The van der Waals surface area contributed by atoms with Gasteiger partial charge in [0.25, 0.3) is 5.91 Å². The van der Waals surface area contributed by atoms with Crippen molar-refractivity contribution in [3.05, 3.63) is 18.1 Å². The van der Waals surface area contributed by atoms with Crippen LogP contribution in [0.2, 0.25) is 0 Å². The lowest BCUT2D eigenvalue weighted by atomic mass is 10.0. The number of halogens is 3. The molecular formula is C17H20F3N5O2. The summed E-state index contributed by atoms with van der Waals surface area (Å²) in [5, 5.41) is 0. The van der Waals surface area contributed by atoms with Gasteiger partial charge in [-0.3, -0.25) is 9.69 Å². The Hall–Kier alpha value is -2.39. The number of alkyl halides is 3. The van der Waals surface area contributed by atoms with Gasteiger partial charge >= 0.3 is 12.2 Å². The van der Waals surface area contributed by atoms with Gasteiger partial charge in [-0.25, -0.2) is 14.8 Å². The molecule has 1 saturated carbocycles. The number of urea groups is 1. The fourth-order valence-electron chi connectivity index (χ4n) is 3.72. The number of anilines is 1. The highest BCUT2D eigenvalue weighted by molar-refractivity contribution is 6.02. The maximum absolute atomic E-state index is 12.6. The number of hydrogen-bond donors (Lipinski definition) is 0. The summed E-state index contributed by atoms with van der Waals surface area (Å²) in [5.41, 5.74) is 1.05. The Kier molecular flexibility index (Phi) is 4.43. The summed E-state index contributed by atoms with van der Waals surface area (Å²) >= 11 is 0. The van der Waals surface area contributed by atoms with Gasteiger partial charge in [0.2, 0.25) is 0 Å². The molecule has 0 aromatic carbocycles. The van der Waals surface area contributed by atoms with Crippen molar-refractivity contribution < 1.29 is 22.8 Å². The molecule has 3 amide bonds. The van der Waals surface area contributed by atoms with Crippen LogP contribution in [0.4, 0.5) is 23.8 Å². The van der Waals surface area contributed by atoms with E-state index in [0.29, 0.717) is 36.7 Å². The highest BCUT2D eigenvalue weighted by Gasteiger charge is 2.45. The molecule has 4 rings (SSSR count). The lowest BCUT2D eigenvalue weighted by Gasteiger charge is -2.36. The van der Waals surface area contributed by atoms with Crippen LogP contribution in [0.5, 0.6) is 0 Å². The third kappa shape index (κ3) is 3.84. The smallest absolute Gasteiger partial charge is 0.356 e. The predicted octanol–water partition coefficient (Wildman–Crippen LogP) is 2.15. The van der Waals surface area contributed by atoms with E-state index in [9.17, 15) is 22.8 Å². The summed E-state index contributed by atoms with van der Waals surface area (Å²) in [6.07, 6.45) is 0.448. The van der Waals surface area contributed by atoms with Gasteiger partial charge in [0.1, 0.15) is 25.2 Å². The Morgan fingerprint density at radius 3 is 2.41 bits per heavy atom. The number of hydrogen-bond acceptors (Lipinski definition) is 5. The lowest BCUT2D eigenvalue weighted by Crippen LogP contribution is -2.47. The minimum atomic E-state index is -4.59. The van der Waals surface area contributed by atoms with Crippen LogP contribution in [0, 0.1) is 0 Å². The van der Waals surface area contributed by atoms with E-state index in [1.807, 2.05) is 6.07 Å². The molecule has 2 saturated heterocycles. The van der Waals surface area contributed by atoms with E-state index in [4.69, 9.17) is 0 Å². The number of amides is 3. The molecule has 146 valence electrons. The number of aromatic nitrogens is 2. The second-order valence-corrected chi connectivity index (χ2v) is 7.30. The fourth-order valence-corrected chi connectivity index (χ4v) is 3.72. The Bertz CT molecular complexity index is 744. The normalized spacial score (nSPS) is 22.1. The summed E-state index contributed by atoms with van der Waals surface area (Å²) < 4.78 is 37.7. The van der Waals surface area contributed by atoms with Crippen molar-refractivity contribution in [3.63, 3.8) is 0 Å². The fraction of sp³-hybridized carbons (Fsp3) is 0.647. The van der Waals surface area contributed by atoms with Crippen molar-refractivity contribution in [2.75, 3.05) is 31.1 Å². The summed E-state index contributed by atoms with van der Waals surface area (Å²) in [6.45, 7) is -0.546. The summed E-state index contributed by atoms with van der Waals surface area (Å²) in [5.74, 6) is 0.578.